The molecule has 0 heterocycles. The SMILES string of the molecule is CO[C@@H](C(=O)N/N=C(/C)CC(=O)Nc1ccccc1)c1ccccc1. The van der Waals surface area contributed by atoms with E-state index in [1.54, 1.807) is 31.2 Å². The first-order valence-corrected chi connectivity index (χ1v) is 7.86. The first kappa shape index (κ1) is 18.4. The fourth-order valence-electron chi connectivity index (χ4n) is 2.23. The van der Waals surface area contributed by atoms with Crippen LogP contribution in [0.5, 0.6) is 0 Å². The van der Waals surface area contributed by atoms with E-state index < -0.39 is 12.0 Å². The highest BCUT2D eigenvalue weighted by Gasteiger charge is 2.19. The quantitative estimate of drug-likeness (QED) is 0.601. The molecule has 0 saturated heterocycles. The van der Waals surface area contributed by atoms with Crippen molar-refractivity contribution in [2.45, 2.75) is 19.4 Å². The average molecular weight is 339 g/mol. The van der Waals surface area contributed by atoms with Gasteiger partial charge in [0.1, 0.15) is 0 Å². The monoisotopic (exact) mass is 339 g/mol. The van der Waals surface area contributed by atoms with E-state index in [1.807, 2.05) is 36.4 Å². The zero-order valence-corrected chi connectivity index (χ0v) is 14.2. The molecule has 130 valence electrons. The molecule has 0 aliphatic heterocycles. The summed E-state index contributed by atoms with van der Waals surface area (Å²) in [5.74, 6) is -0.593. The summed E-state index contributed by atoms with van der Waals surface area (Å²) in [7, 11) is 1.46. The second-order valence-corrected chi connectivity index (χ2v) is 5.44. The number of benzene rings is 2. The predicted octanol–water partition coefficient (Wildman–Crippen LogP) is 2.90. The summed E-state index contributed by atoms with van der Waals surface area (Å²) in [5, 5.41) is 6.74. The van der Waals surface area contributed by atoms with Crippen molar-refractivity contribution in [3.05, 3.63) is 66.2 Å². The molecule has 2 aromatic rings. The second kappa shape index (κ2) is 9.34. The molecule has 0 unspecified atom stereocenters. The van der Waals surface area contributed by atoms with Crippen LogP contribution in [-0.2, 0) is 14.3 Å². The molecule has 0 radical (unpaired) electrons. The lowest BCUT2D eigenvalue weighted by Crippen LogP contribution is -2.28. The van der Waals surface area contributed by atoms with Crippen LogP contribution in [0, 0.1) is 0 Å². The summed E-state index contributed by atoms with van der Waals surface area (Å²) >= 11 is 0. The Bertz CT molecular complexity index is 730. The molecule has 2 aromatic carbocycles. The Morgan fingerprint density at radius 3 is 2.24 bits per heavy atom. The van der Waals surface area contributed by atoms with Gasteiger partial charge in [0.05, 0.1) is 6.42 Å². The minimum absolute atomic E-state index is 0.0815. The molecule has 0 saturated carbocycles. The third-order valence-electron chi connectivity index (χ3n) is 3.41. The number of rotatable bonds is 7. The fourth-order valence-corrected chi connectivity index (χ4v) is 2.23. The van der Waals surface area contributed by atoms with Crippen LogP contribution < -0.4 is 10.7 Å². The number of amides is 2. The zero-order chi connectivity index (χ0) is 18.1. The lowest BCUT2D eigenvalue weighted by Gasteiger charge is -2.14. The van der Waals surface area contributed by atoms with Gasteiger partial charge >= 0.3 is 0 Å². The molecule has 0 aliphatic rings. The molecule has 25 heavy (non-hydrogen) atoms. The second-order valence-electron chi connectivity index (χ2n) is 5.44. The number of nitrogens with one attached hydrogen (secondary N) is 2. The molecule has 0 aliphatic carbocycles. The van der Waals surface area contributed by atoms with E-state index in [4.69, 9.17) is 4.74 Å². The Morgan fingerprint density at radius 1 is 1.04 bits per heavy atom. The summed E-state index contributed by atoms with van der Waals surface area (Å²) in [4.78, 5) is 24.2. The highest BCUT2D eigenvalue weighted by atomic mass is 16.5. The van der Waals surface area contributed by atoms with Crippen molar-refractivity contribution >= 4 is 23.2 Å². The number of hydrazone groups is 1. The third-order valence-corrected chi connectivity index (χ3v) is 3.41. The number of hydrogen-bond donors (Lipinski definition) is 2. The van der Waals surface area contributed by atoms with Crippen LogP contribution in [0.3, 0.4) is 0 Å². The van der Waals surface area contributed by atoms with Crippen molar-refractivity contribution in [2.75, 3.05) is 12.4 Å². The van der Waals surface area contributed by atoms with E-state index in [2.05, 4.69) is 15.8 Å². The Hall–Kier alpha value is -2.99. The van der Waals surface area contributed by atoms with Gasteiger partial charge in [-0.2, -0.15) is 5.10 Å². The molecule has 2 rings (SSSR count). The molecule has 1 atom stereocenters. The molecule has 2 N–H and O–H groups in total. The van der Waals surface area contributed by atoms with Gasteiger partial charge in [0.2, 0.25) is 5.91 Å². The average Bonchev–Trinajstić information content (AvgIpc) is 2.62. The highest BCUT2D eigenvalue weighted by Crippen LogP contribution is 2.16. The van der Waals surface area contributed by atoms with Crippen molar-refractivity contribution in [1.29, 1.82) is 0 Å². The molecule has 0 bridgehead atoms. The van der Waals surface area contributed by atoms with Crippen LogP contribution in [-0.4, -0.2) is 24.6 Å². The molecular weight excluding hydrogens is 318 g/mol. The van der Waals surface area contributed by atoms with Crippen LogP contribution in [0.15, 0.2) is 65.8 Å². The molecule has 6 heteroatoms. The van der Waals surface area contributed by atoms with Crippen LogP contribution in [0.4, 0.5) is 5.69 Å². The van der Waals surface area contributed by atoms with Crippen LogP contribution >= 0.6 is 0 Å². The van der Waals surface area contributed by atoms with Gasteiger partial charge in [-0.15, -0.1) is 0 Å². The smallest absolute Gasteiger partial charge is 0.273 e. The van der Waals surface area contributed by atoms with Crippen molar-refractivity contribution in [1.82, 2.24) is 5.43 Å². The highest BCUT2D eigenvalue weighted by molar-refractivity contribution is 6.05. The topological polar surface area (TPSA) is 79.8 Å². The largest absolute Gasteiger partial charge is 0.367 e. The van der Waals surface area contributed by atoms with Gasteiger partial charge in [0.15, 0.2) is 6.10 Å². The third kappa shape index (κ3) is 5.86. The maximum absolute atomic E-state index is 12.2. The number of nitrogens with zero attached hydrogens (tertiary/aromatic N) is 1. The minimum Gasteiger partial charge on any atom is -0.367 e. The lowest BCUT2D eigenvalue weighted by molar-refractivity contribution is -0.131. The molecule has 6 nitrogen and oxygen atoms in total. The molecule has 0 spiro atoms. The fraction of sp³-hybridized carbons (Fsp3) is 0.211. The Balaban J connectivity index is 1.89. The molecule has 2 amide bonds. The van der Waals surface area contributed by atoms with Crippen molar-refractivity contribution < 1.29 is 14.3 Å². The number of hydrogen-bond acceptors (Lipinski definition) is 4. The van der Waals surface area contributed by atoms with Gasteiger partial charge in [0.25, 0.3) is 5.91 Å². The Morgan fingerprint density at radius 2 is 1.64 bits per heavy atom. The molecule has 0 fully saturated rings. The van der Waals surface area contributed by atoms with Gasteiger partial charge < -0.3 is 10.1 Å². The maximum Gasteiger partial charge on any atom is 0.273 e. The van der Waals surface area contributed by atoms with Gasteiger partial charge in [-0.3, -0.25) is 9.59 Å². The van der Waals surface area contributed by atoms with Gasteiger partial charge in [0, 0.05) is 18.5 Å². The number of carbonyl (C=O) groups excluding carboxylic acids is 2. The summed E-state index contributed by atoms with van der Waals surface area (Å²) in [5.41, 5.74) is 4.38. The van der Waals surface area contributed by atoms with E-state index in [-0.39, 0.29) is 12.3 Å². The van der Waals surface area contributed by atoms with Gasteiger partial charge in [-0.1, -0.05) is 48.5 Å². The summed E-state index contributed by atoms with van der Waals surface area (Å²) in [6, 6.07) is 18.3. The summed E-state index contributed by atoms with van der Waals surface area (Å²) in [6.07, 6.45) is -0.672. The van der Waals surface area contributed by atoms with E-state index in [0.717, 1.165) is 5.56 Å². The molecular formula is C19H21N3O3. The minimum atomic E-state index is -0.754. The normalized spacial score (nSPS) is 12.3. The standard InChI is InChI=1S/C19H21N3O3/c1-14(13-17(23)20-16-11-7-4-8-12-16)21-22-19(24)18(25-2)15-9-5-3-6-10-15/h3-12,18H,13H2,1-2H3,(H,20,23)(H,22,24)/b21-14-/t18-/m1/s1. The number of anilines is 1. The van der Waals surface area contributed by atoms with E-state index in [1.165, 1.54) is 7.11 Å². The Labute approximate surface area is 146 Å². The predicted molar refractivity (Wildman–Crippen MR) is 97.1 cm³/mol. The zero-order valence-electron chi connectivity index (χ0n) is 14.2. The van der Waals surface area contributed by atoms with Crippen LogP contribution in [0.2, 0.25) is 0 Å². The summed E-state index contributed by atoms with van der Waals surface area (Å²) < 4.78 is 5.23. The maximum atomic E-state index is 12.2. The van der Waals surface area contributed by atoms with E-state index in [9.17, 15) is 9.59 Å². The number of methoxy groups -OCH3 is 1. The van der Waals surface area contributed by atoms with Crippen molar-refractivity contribution in [2.24, 2.45) is 5.10 Å². The first-order valence-electron chi connectivity index (χ1n) is 7.86. The number of carbonyl (C=O) groups is 2. The van der Waals surface area contributed by atoms with E-state index >= 15 is 0 Å². The van der Waals surface area contributed by atoms with E-state index in [0.29, 0.717) is 11.4 Å². The lowest BCUT2D eigenvalue weighted by atomic mass is 10.1. The Kier molecular flexibility index (Phi) is 6.86. The van der Waals surface area contributed by atoms with Crippen molar-refractivity contribution in [3.63, 3.8) is 0 Å². The van der Waals surface area contributed by atoms with Gasteiger partial charge in [-0.25, -0.2) is 5.43 Å². The van der Waals surface area contributed by atoms with Crippen molar-refractivity contribution in [3.8, 4) is 0 Å². The molecule has 0 aromatic heterocycles. The number of ether oxygens (including phenoxy) is 1. The van der Waals surface area contributed by atoms with Crippen LogP contribution in [0.1, 0.15) is 25.0 Å². The van der Waals surface area contributed by atoms with Gasteiger partial charge in [-0.05, 0) is 24.6 Å². The first-order chi connectivity index (χ1) is 12.1. The number of para-hydroxylation sites is 1. The summed E-state index contributed by atoms with van der Waals surface area (Å²) in [6.45, 7) is 1.68. The van der Waals surface area contributed by atoms with Crippen LogP contribution in [0.25, 0.3) is 0 Å².